The molecule has 29 heavy (non-hydrogen) atoms. The van der Waals surface area contributed by atoms with E-state index in [1.807, 2.05) is 39.8 Å². The van der Waals surface area contributed by atoms with Crippen molar-refractivity contribution in [1.82, 2.24) is 20.2 Å². The van der Waals surface area contributed by atoms with Crippen molar-refractivity contribution in [3.63, 3.8) is 0 Å². The molecule has 0 saturated carbocycles. The fraction of sp³-hybridized carbons (Fsp3) is 0.524. The number of nitrogens with zero attached hydrogens (tertiary/aromatic N) is 3. The minimum Gasteiger partial charge on any atom is -0.350 e. The number of amides is 2. The Morgan fingerprint density at radius 3 is 2.69 bits per heavy atom. The third-order valence-corrected chi connectivity index (χ3v) is 6.26. The Morgan fingerprint density at radius 1 is 1.34 bits per heavy atom. The van der Waals surface area contributed by atoms with Crippen LogP contribution in [0.3, 0.4) is 0 Å². The Kier molecular flexibility index (Phi) is 6.33. The first kappa shape index (κ1) is 21.4. The fourth-order valence-electron chi connectivity index (χ4n) is 3.37. The topological polar surface area (TPSA) is 101 Å². The van der Waals surface area contributed by atoms with Crippen LogP contribution in [0.15, 0.2) is 23.8 Å². The van der Waals surface area contributed by atoms with Gasteiger partial charge in [-0.15, -0.1) is 11.3 Å². The SMILES string of the molecule is Cc1ncsc1-c1ccc(CNC(=O)[C@@H]2CCCN2C(=O)[C@@H](N)C(C)(C)C)cn1. The Hall–Kier alpha value is -2.32. The van der Waals surface area contributed by atoms with Gasteiger partial charge in [0.05, 0.1) is 27.8 Å². The molecule has 3 rings (SSSR count). The molecule has 1 aliphatic rings. The number of rotatable bonds is 5. The Labute approximate surface area is 175 Å². The molecule has 0 aromatic carbocycles. The summed E-state index contributed by atoms with van der Waals surface area (Å²) in [5, 5.41) is 2.95. The first-order chi connectivity index (χ1) is 13.7. The molecule has 0 radical (unpaired) electrons. The predicted octanol–water partition coefficient (Wildman–Crippen LogP) is 2.49. The molecule has 7 nitrogen and oxygen atoms in total. The summed E-state index contributed by atoms with van der Waals surface area (Å²) in [6, 6.07) is 2.82. The van der Waals surface area contributed by atoms with Crippen molar-refractivity contribution in [1.29, 1.82) is 0 Å². The summed E-state index contributed by atoms with van der Waals surface area (Å²) < 4.78 is 0. The fourth-order valence-corrected chi connectivity index (χ4v) is 4.15. The summed E-state index contributed by atoms with van der Waals surface area (Å²) in [6.07, 6.45) is 3.24. The highest BCUT2D eigenvalue weighted by molar-refractivity contribution is 7.13. The Balaban J connectivity index is 1.60. The highest BCUT2D eigenvalue weighted by Crippen LogP contribution is 2.26. The van der Waals surface area contributed by atoms with E-state index in [1.165, 1.54) is 0 Å². The molecule has 0 unspecified atom stereocenters. The number of hydrogen-bond donors (Lipinski definition) is 2. The van der Waals surface area contributed by atoms with Gasteiger partial charge in [-0.05, 0) is 36.8 Å². The number of likely N-dealkylation sites (tertiary alicyclic amines) is 1. The number of nitrogens with one attached hydrogen (secondary N) is 1. The maximum absolute atomic E-state index is 12.8. The standard InChI is InChI=1S/C21H29N5O2S/c1-13-17(29-12-25-13)15-8-7-14(10-23-15)11-24-19(27)16-6-5-9-26(16)20(28)18(22)21(2,3)4/h7-8,10,12,16,18H,5-6,9,11,22H2,1-4H3,(H,24,27)/t16-,18+/m0/s1. The highest BCUT2D eigenvalue weighted by Gasteiger charge is 2.39. The predicted molar refractivity (Wildman–Crippen MR) is 114 cm³/mol. The third-order valence-electron chi connectivity index (χ3n) is 5.31. The van der Waals surface area contributed by atoms with Crippen molar-refractivity contribution >= 4 is 23.2 Å². The maximum atomic E-state index is 12.8. The smallest absolute Gasteiger partial charge is 0.243 e. The molecule has 3 N–H and O–H groups in total. The molecular weight excluding hydrogens is 386 g/mol. The molecule has 2 aromatic heterocycles. The lowest BCUT2D eigenvalue weighted by atomic mass is 9.86. The van der Waals surface area contributed by atoms with Crippen molar-refractivity contribution < 1.29 is 9.59 Å². The van der Waals surface area contributed by atoms with Crippen LogP contribution in [-0.2, 0) is 16.1 Å². The summed E-state index contributed by atoms with van der Waals surface area (Å²) in [6.45, 7) is 8.71. The number of nitrogens with two attached hydrogens (primary N) is 1. The van der Waals surface area contributed by atoms with Gasteiger partial charge < -0.3 is 16.0 Å². The minimum absolute atomic E-state index is 0.140. The zero-order valence-electron chi connectivity index (χ0n) is 17.4. The van der Waals surface area contributed by atoms with E-state index in [1.54, 1.807) is 27.9 Å². The molecule has 1 aliphatic heterocycles. The van der Waals surface area contributed by atoms with E-state index < -0.39 is 12.1 Å². The monoisotopic (exact) mass is 415 g/mol. The van der Waals surface area contributed by atoms with Gasteiger partial charge >= 0.3 is 0 Å². The van der Waals surface area contributed by atoms with E-state index in [0.29, 0.717) is 19.5 Å². The van der Waals surface area contributed by atoms with Crippen molar-refractivity contribution in [3.05, 3.63) is 35.1 Å². The average Bonchev–Trinajstić information content (AvgIpc) is 3.33. The van der Waals surface area contributed by atoms with E-state index >= 15 is 0 Å². The molecular formula is C21H29N5O2S. The highest BCUT2D eigenvalue weighted by atomic mass is 32.1. The normalized spacial score (nSPS) is 18.0. The number of aryl methyl sites for hydroxylation is 1. The molecule has 156 valence electrons. The van der Waals surface area contributed by atoms with Crippen LogP contribution in [0.1, 0.15) is 44.9 Å². The second kappa shape index (κ2) is 8.59. The largest absolute Gasteiger partial charge is 0.350 e. The number of aromatic nitrogens is 2. The van der Waals surface area contributed by atoms with Crippen molar-refractivity contribution in [2.75, 3.05) is 6.54 Å². The van der Waals surface area contributed by atoms with Gasteiger partial charge in [-0.2, -0.15) is 0 Å². The van der Waals surface area contributed by atoms with Crippen molar-refractivity contribution in [2.45, 2.75) is 59.2 Å². The van der Waals surface area contributed by atoms with Crippen LogP contribution in [0.25, 0.3) is 10.6 Å². The average molecular weight is 416 g/mol. The zero-order chi connectivity index (χ0) is 21.2. The molecule has 0 bridgehead atoms. The van der Waals surface area contributed by atoms with Gasteiger partial charge in [0.1, 0.15) is 6.04 Å². The molecule has 2 atom stereocenters. The van der Waals surface area contributed by atoms with Crippen LogP contribution in [0.2, 0.25) is 0 Å². The maximum Gasteiger partial charge on any atom is 0.243 e. The van der Waals surface area contributed by atoms with Gasteiger partial charge in [0.25, 0.3) is 0 Å². The molecule has 0 spiro atoms. The van der Waals surface area contributed by atoms with Crippen LogP contribution in [-0.4, -0.2) is 45.3 Å². The molecule has 2 aromatic rings. The van der Waals surface area contributed by atoms with Crippen LogP contribution in [0.4, 0.5) is 0 Å². The molecule has 2 amide bonds. The molecule has 0 aliphatic carbocycles. The summed E-state index contributed by atoms with van der Waals surface area (Å²) in [5.41, 5.74) is 10.3. The van der Waals surface area contributed by atoms with E-state index in [-0.39, 0.29) is 17.2 Å². The minimum atomic E-state index is -0.622. The van der Waals surface area contributed by atoms with Gasteiger partial charge in [-0.1, -0.05) is 26.8 Å². The van der Waals surface area contributed by atoms with Crippen LogP contribution >= 0.6 is 11.3 Å². The number of hydrogen-bond acceptors (Lipinski definition) is 6. The number of carbonyl (C=O) groups is 2. The van der Waals surface area contributed by atoms with Gasteiger partial charge in [0, 0.05) is 19.3 Å². The molecule has 1 fully saturated rings. The molecule has 3 heterocycles. The summed E-state index contributed by atoms with van der Waals surface area (Å²) >= 11 is 1.56. The lowest BCUT2D eigenvalue weighted by molar-refractivity contribution is -0.141. The van der Waals surface area contributed by atoms with E-state index in [0.717, 1.165) is 28.2 Å². The first-order valence-corrected chi connectivity index (χ1v) is 10.8. The van der Waals surface area contributed by atoms with E-state index in [9.17, 15) is 9.59 Å². The number of thiazole rings is 1. The van der Waals surface area contributed by atoms with Crippen LogP contribution in [0, 0.1) is 12.3 Å². The number of carbonyl (C=O) groups excluding carboxylic acids is 2. The third kappa shape index (κ3) is 4.82. The first-order valence-electron chi connectivity index (χ1n) is 9.87. The van der Waals surface area contributed by atoms with Gasteiger partial charge in [0.2, 0.25) is 11.8 Å². The van der Waals surface area contributed by atoms with E-state index in [2.05, 4.69) is 15.3 Å². The van der Waals surface area contributed by atoms with E-state index in [4.69, 9.17) is 5.73 Å². The van der Waals surface area contributed by atoms with Crippen LogP contribution < -0.4 is 11.1 Å². The van der Waals surface area contributed by atoms with Crippen molar-refractivity contribution in [2.24, 2.45) is 11.1 Å². The van der Waals surface area contributed by atoms with Crippen LogP contribution in [0.5, 0.6) is 0 Å². The second-order valence-corrected chi connectivity index (χ2v) is 9.42. The summed E-state index contributed by atoms with van der Waals surface area (Å²) in [7, 11) is 0. The molecule has 1 saturated heterocycles. The van der Waals surface area contributed by atoms with Gasteiger partial charge in [-0.3, -0.25) is 14.6 Å². The number of pyridine rings is 1. The summed E-state index contributed by atoms with van der Waals surface area (Å²) in [5.74, 6) is -0.291. The quantitative estimate of drug-likeness (QED) is 0.781. The lowest BCUT2D eigenvalue weighted by Crippen LogP contribution is -2.54. The molecule has 8 heteroatoms. The van der Waals surface area contributed by atoms with Gasteiger partial charge in [0.15, 0.2) is 0 Å². The lowest BCUT2D eigenvalue weighted by Gasteiger charge is -2.32. The second-order valence-electron chi connectivity index (χ2n) is 8.57. The van der Waals surface area contributed by atoms with Crippen molar-refractivity contribution in [3.8, 4) is 10.6 Å². The van der Waals surface area contributed by atoms with Gasteiger partial charge in [-0.25, -0.2) is 4.98 Å². The Morgan fingerprint density at radius 2 is 2.10 bits per heavy atom. The zero-order valence-corrected chi connectivity index (χ0v) is 18.3. The Bertz CT molecular complexity index is 872. The summed E-state index contributed by atoms with van der Waals surface area (Å²) in [4.78, 5) is 36.9.